The maximum atomic E-state index is 3.45. The van der Waals surface area contributed by atoms with Gasteiger partial charge in [-0.05, 0) is 39.2 Å². The van der Waals surface area contributed by atoms with Gasteiger partial charge in [-0.15, -0.1) is 0 Å². The number of likely N-dealkylation sites (tertiary alicyclic amines) is 1. The van der Waals surface area contributed by atoms with Crippen LogP contribution < -0.4 is 5.32 Å². The van der Waals surface area contributed by atoms with E-state index < -0.39 is 0 Å². The van der Waals surface area contributed by atoms with Crippen molar-refractivity contribution in [3.63, 3.8) is 0 Å². The van der Waals surface area contributed by atoms with Crippen LogP contribution >= 0.6 is 0 Å². The first kappa shape index (κ1) is 13.0. The molecule has 0 aliphatic carbocycles. The van der Waals surface area contributed by atoms with Gasteiger partial charge < -0.3 is 5.32 Å². The fourth-order valence-electron chi connectivity index (χ4n) is 2.76. The van der Waals surface area contributed by atoms with Crippen molar-refractivity contribution in [2.24, 2.45) is 5.92 Å². The normalized spacial score (nSPS) is 30.0. The summed E-state index contributed by atoms with van der Waals surface area (Å²) in [5.41, 5.74) is 0. The molecule has 1 saturated heterocycles. The lowest BCUT2D eigenvalue weighted by atomic mass is 10.0. The number of hydrogen-bond donors (Lipinski definition) is 1. The Bertz CT molecular complexity index is 179. The molecule has 2 nitrogen and oxygen atoms in total. The molecule has 0 aromatic heterocycles. The number of rotatable bonds is 5. The van der Waals surface area contributed by atoms with Crippen LogP contribution in [-0.4, -0.2) is 36.6 Å². The van der Waals surface area contributed by atoms with Gasteiger partial charge in [0.15, 0.2) is 0 Å². The zero-order valence-corrected chi connectivity index (χ0v) is 11.1. The molecule has 1 rings (SSSR count). The van der Waals surface area contributed by atoms with Crippen molar-refractivity contribution in [1.82, 2.24) is 10.2 Å². The molecule has 0 saturated carbocycles. The van der Waals surface area contributed by atoms with Gasteiger partial charge in [-0.25, -0.2) is 0 Å². The smallest absolute Gasteiger partial charge is 0.0215 e. The minimum atomic E-state index is 0.639. The summed E-state index contributed by atoms with van der Waals surface area (Å²) >= 11 is 0. The molecular formula is C13H28N2. The Kier molecular flexibility index (Phi) is 5.07. The van der Waals surface area contributed by atoms with Crippen molar-refractivity contribution < 1.29 is 0 Å². The molecule has 15 heavy (non-hydrogen) atoms. The van der Waals surface area contributed by atoms with E-state index in [9.17, 15) is 0 Å². The van der Waals surface area contributed by atoms with Crippen molar-refractivity contribution >= 4 is 0 Å². The monoisotopic (exact) mass is 212 g/mol. The number of hydrogen-bond acceptors (Lipinski definition) is 2. The van der Waals surface area contributed by atoms with Crippen molar-refractivity contribution in [1.29, 1.82) is 0 Å². The highest BCUT2D eigenvalue weighted by atomic mass is 15.2. The average Bonchev–Trinajstić information content (AvgIpc) is 2.55. The highest BCUT2D eigenvalue weighted by molar-refractivity contribution is 4.87. The first-order chi connectivity index (χ1) is 7.10. The zero-order chi connectivity index (χ0) is 11.4. The topological polar surface area (TPSA) is 15.3 Å². The molecule has 0 spiro atoms. The molecular weight excluding hydrogens is 184 g/mol. The van der Waals surface area contributed by atoms with Gasteiger partial charge in [0, 0.05) is 24.7 Å². The third-order valence-corrected chi connectivity index (χ3v) is 4.01. The molecule has 1 aliphatic heterocycles. The van der Waals surface area contributed by atoms with Crippen LogP contribution in [0.4, 0.5) is 0 Å². The molecule has 0 aromatic rings. The Morgan fingerprint density at radius 1 is 1.33 bits per heavy atom. The van der Waals surface area contributed by atoms with Gasteiger partial charge in [0.1, 0.15) is 0 Å². The summed E-state index contributed by atoms with van der Waals surface area (Å²) < 4.78 is 0. The second-order valence-electron chi connectivity index (χ2n) is 5.32. The van der Waals surface area contributed by atoms with Crippen LogP contribution in [0, 0.1) is 5.92 Å². The lowest BCUT2D eigenvalue weighted by molar-refractivity contribution is 0.164. The van der Waals surface area contributed by atoms with Gasteiger partial charge in [0.25, 0.3) is 0 Å². The zero-order valence-electron chi connectivity index (χ0n) is 11.1. The van der Waals surface area contributed by atoms with E-state index in [1.165, 1.54) is 25.8 Å². The van der Waals surface area contributed by atoms with Crippen LogP contribution in [0.1, 0.15) is 47.0 Å². The predicted octanol–water partition coefficient (Wildman–Crippen LogP) is 2.49. The summed E-state index contributed by atoms with van der Waals surface area (Å²) in [4.78, 5) is 2.71. The first-order valence-corrected chi connectivity index (χ1v) is 6.53. The molecule has 2 heteroatoms. The van der Waals surface area contributed by atoms with Crippen molar-refractivity contribution in [2.45, 2.75) is 65.1 Å². The molecule has 0 amide bonds. The number of nitrogens with zero attached hydrogens (tertiary/aromatic N) is 1. The van der Waals surface area contributed by atoms with Crippen LogP contribution in [-0.2, 0) is 0 Å². The van der Waals surface area contributed by atoms with Gasteiger partial charge >= 0.3 is 0 Å². The highest BCUT2D eigenvalue weighted by Crippen LogP contribution is 2.26. The Morgan fingerprint density at radius 2 is 2.00 bits per heavy atom. The lowest BCUT2D eigenvalue weighted by Gasteiger charge is -2.33. The summed E-state index contributed by atoms with van der Waals surface area (Å²) in [6.07, 6.45) is 4.08. The molecule has 90 valence electrons. The number of nitrogens with one attached hydrogen (secondary N) is 1. The molecule has 1 N–H and O–H groups in total. The second-order valence-corrected chi connectivity index (χ2v) is 5.32. The molecule has 1 fully saturated rings. The summed E-state index contributed by atoms with van der Waals surface area (Å²) in [5.74, 6) is 0.723. The van der Waals surface area contributed by atoms with Gasteiger partial charge in [-0.1, -0.05) is 20.8 Å². The van der Waals surface area contributed by atoms with Crippen molar-refractivity contribution in [3.05, 3.63) is 0 Å². The minimum Gasteiger partial charge on any atom is -0.315 e. The fraction of sp³-hybridized carbons (Fsp3) is 1.00. The summed E-state index contributed by atoms with van der Waals surface area (Å²) in [7, 11) is 2.09. The maximum absolute atomic E-state index is 3.45. The van der Waals surface area contributed by atoms with Gasteiger partial charge in [-0.3, -0.25) is 4.90 Å². The molecule has 0 aromatic carbocycles. The fourth-order valence-corrected chi connectivity index (χ4v) is 2.76. The lowest BCUT2D eigenvalue weighted by Crippen LogP contribution is -2.46. The number of likely N-dealkylation sites (N-methyl/N-ethyl adjacent to an activating group) is 1. The van der Waals surface area contributed by atoms with E-state index in [1.807, 2.05) is 0 Å². The van der Waals surface area contributed by atoms with Gasteiger partial charge in [0.2, 0.25) is 0 Å². The Morgan fingerprint density at radius 3 is 2.47 bits per heavy atom. The average molecular weight is 212 g/mol. The quantitative estimate of drug-likeness (QED) is 0.753. The van der Waals surface area contributed by atoms with Gasteiger partial charge in [0.05, 0.1) is 0 Å². The molecule has 1 heterocycles. The van der Waals surface area contributed by atoms with Crippen LogP contribution in [0.2, 0.25) is 0 Å². The van der Waals surface area contributed by atoms with E-state index in [2.05, 4.69) is 45.0 Å². The summed E-state index contributed by atoms with van der Waals surface area (Å²) in [6, 6.07) is 2.25. The van der Waals surface area contributed by atoms with Crippen molar-refractivity contribution in [2.75, 3.05) is 13.6 Å². The van der Waals surface area contributed by atoms with Gasteiger partial charge in [-0.2, -0.15) is 0 Å². The maximum Gasteiger partial charge on any atom is 0.0215 e. The predicted molar refractivity (Wildman–Crippen MR) is 67.2 cm³/mol. The van der Waals surface area contributed by atoms with E-state index in [1.54, 1.807) is 0 Å². The Labute approximate surface area is 95.4 Å². The van der Waals surface area contributed by atoms with E-state index in [0.29, 0.717) is 6.04 Å². The van der Waals surface area contributed by atoms with Crippen LogP contribution in [0.25, 0.3) is 0 Å². The standard InChI is InChI=1S/C13H28N2/c1-6-12-8-7-11(4)15(12)9-13(14-5)10(2)3/h10-14H,6-9H2,1-5H3. The summed E-state index contributed by atoms with van der Waals surface area (Å²) in [6.45, 7) is 10.5. The largest absolute Gasteiger partial charge is 0.315 e. The highest BCUT2D eigenvalue weighted by Gasteiger charge is 2.31. The molecule has 0 radical (unpaired) electrons. The molecule has 3 atom stereocenters. The Balaban J connectivity index is 2.53. The van der Waals surface area contributed by atoms with E-state index in [0.717, 1.165) is 18.0 Å². The van der Waals surface area contributed by atoms with Crippen LogP contribution in [0.15, 0.2) is 0 Å². The second kappa shape index (κ2) is 5.86. The van der Waals surface area contributed by atoms with Crippen LogP contribution in [0.5, 0.6) is 0 Å². The van der Waals surface area contributed by atoms with Crippen LogP contribution in [0.3, 0.4) is 0 Å². The molecule has 0 bridgehead atoms. The SMILES string of the molecule is CCC1CCC(C)N1CC(NC)C(C)C. The first-order valence-electron chi connectivity index (χ1n) is 6.53. The van der Waals surface area contributed by atoms with E-state index in [-0.39, 0.29) is 0 Å². The Hall–Kier alpha value is -0.0800. The third-order valence-electron chi connectivity index (χ3n) is 4.01. The minimum absolute atomic E-state index is 0.639. The van der Waals surface area contributed by atoms with E-state index >= 15 is 0 Å². The van der Waals surface area contributed by atoms with Crippen molar-refractivity contribution in [3.8, 4) is 0 Å². The third kappa shape index (κ3) is 3.18. The summed E-state index contributed by atoms with van der Waals surface area (Å²) in [5, 5.41) is 3.45. The van der Waals surface area contributed by atoms with E-state index in [4.69, 9.17) is 0 Å². The molecule has 3 unspecified atom stereocenters. The molecule has 1 aliphatic rings.